The number of rotatable bonds is 6. The molecule has 0 amide bonds. The Labute approximate surface area is 164 Å². The van der Waals surface area contributed by atoms with Crippen LogP contribution < -0.4 is 9.47 Å². The molecule has 0 atom stereocenters. The van der Waals surface area contributed by atoms with E-state index in [4.69, 9.17) is 23.7 Å². The average Bonchev–Trinajstić information content (AvgIpc) is 2.90. The van der Waals surface area contributed by atoms with Crippen LogP contribution in [0.25, 0.3) is 0 Å². The molecule has 0 saturated carbocycles. The number of carbonyl (C=O) groups is 1. The van der Waals surface area contributed by atoms with Gasteiger partial charge in [-0.2, -0.15) is 0 Å². The Morgan fingerprint density at radius 3 is 2.44 bits per heavy atom. The molecule has 7 heteroatoms. The number of thioether (sulfide) groups is 1. The molecule has 27 heavy (non-hydrogen) atoms. The number of fused-ring (bicyclic) bond motifs is 1. The smallest absolute Gasteiger partial charge is 0.315 e. The molecule has 1 aromatic carbocycles. The fourth-order valence-corrected chi connectivity index (χ4v) is 3.93. The predicted molar refractivity (Wildman–Crippen MR) is 103 cm³/mol. The van der Waals surface area contributed by atoms with Crippen LogP contribution in [-0.2, 0) is 24.8 Å². The van der Waals surface area contributed by atoms with E-state index in [-0.39, 0.29) is 17.1 Å². The van der Waals surface area contributed by atoms with Gasteiger partial charge in [0.15, 0.2) is 11.5 Å². The molecule has 0 spiro atoms. The molecule has 0 unspecified atom stereocenters. The lowest BCUT2D eigenvalue weighted by Gasteiger charge is -2.43. The molecule has 150 valence electrons. The Morgan fingerprint density at radius 1 is 1.11 bits per heavy atom. The highest BCUT2D eigenvalue weighted by atomic mass is 32.2. The van der Waals surface area contributed by atoms with Crippen LogP contribution in [0, 0.1) is 5.41 Å². The molecule has 1 saturated heterocycles. The fourth-order valence-electron chi connectivity index (χ4n) is 2.97. The number of carbonyl (C=O) groups excluding carboxylic acids is 1. The summed E-state index contributed by atoms with van der Waals surface area (Å²) in [5.41, 5.74) is 0.794. The second-order valence-electron chi connectivity index (χ2n) is 8.06. The summed E-state index contributed by atoms with van der Waals surface area (Å²) in [6.07, 6.45) is 0. The maximum absolute atomic E-state index is 11.7. The van der Waals surface area contributed by atoms with Crippen molar-refractivity contribution in [3.63, 3.8) is 0 Å². The summed E-state index contributed by atoms with van der Waals surface area (Å²) in [4.78, 5) is 11.7. The zero-order valence-electron chi connectivity index (χ0n) is 16.6. The molecule has 0 bridgehead atoms. The quantitative estimate of drug-likeness (QED) is 0.679. The van der Waals surface area contributed by atoms with E-state index in [1.165, 1.54) is 11.8 Å². The van der Waals surface area contributed by atoms with Gasteiger partial charge < -0.3 is 23.7 Å². The summed E-state index contributed by atoms with van der Waals surface area (Å²) in [7, 11) is 0. The topological polar surface area (TPSA) is 63.2 Å². The van der Waals surface area contributed by atoms with Crippen molar-refractivity contribution in [2.75, 3.05) is 31.3 Å². The van der Waals surface area contributed by atoms with Crippen molar-refractivity contribution in [1.29, 1.82) is 0 Å². The average molecular weight is 397 g/mol. The number of hydrogen-bond donors (Lipinski definition) is 0. The number of ether oxygens (including phenoxy) is 5. The lowest BCUT2D eigenvalue weighted by atomic mass is 9.93. The molecule has 0 radical (unpaired) electrons. The fraction of sp³-hybridized carbons (Fsp3) is 0.650. The zero-order chi connectivity index (χ0) is 19.7. The van der Waals surface area contributed by atoms with Crippen LogP contribution in [0.2, 0.25) is 0 Å². The van der Waals surface area contributed by atoms with Crippen LogP contribution in [0.4, 0.5) is 0 Å². The molecular weight excluding hydrogens is 368 g/mol. The van der Waals surface area contributed by atoms with Crippen LogP contribution >= 0.6 is 11.8 Å². The van der Waals surface area contributed by atoms with Gasteiger partial charge in [-0.1, -0.05) is 13.8 Å². The first-order valence-electron chi connectivity index (χ1n) is 9.19. The summed E-state index contributed by atoms with van der Waals surface area (Å²) >= 11 is 1.44. The summed E-state index contributed by atoms with van der Waals surface area (Å²) in [6, 6.07) is 5.73. The largest absolute Gasteiger partial charge is 0.465 e. The molecule has 1 fully saturated rings. The molecule has 2 aliphatic heterocycles. The standard InChI is InChI=1S/C20H28O6S/c1-6-22-17(21)10-27-13-20(23-11-18(2,3)12-24-20)14-7-8-15-16(9-14)26-19(4,5)25-15/h7-9H,6,10-13H2,1-5H3. The van der Waals surface area contributed by atoms with Crippen LogP contribution in [0.1, 0.15) is 40.2 Å². The van der Waals surface area contributed by atoms with Gasteiger partial charge in [-0.3, -0.25) is 4.79 Å². The van der Waals surface area contributed by atoms with Crippen molar-refractivity contribution >= 4 is 17.7 Å². The lowest BCUT2D eigenvalue weighted by Crippen LogP contribution is -2.47. The monoisotopic (exact) mass is 396 g/mol. The van der Waals surface area contributed by atoms with Crippen LogP contribution in [0.5, 0.6) is 11.5 Å². The van der Waals surface area contributed by atoms with E-state index in [0.29, 0.717) is 37.1 Å². The van der Waals surface area contributed by atoms with E-state index in [0.717, 1.165) is 5.56 Å². The molecule has 2 heterocycles. The third-order valence-electron chi connectivity index (χ3n) is 4.30. The first-order chi connectivity index (χ1) is 12.6. The summed E-state index contributed by atoms with van der Waals surface area (Å²) < 4.78 is 29.1. The minimum absolute atomic E-state index is 0.0619. The van der Waals surface area contributed by atoms with E-state index in [2.05, 4.69) is 13.8 Å². The highest BCUT2D eigenvalue weighted by Gasteiger charge is 2.43. The Morgan fingerprint density at radius 2 is 1.78 bits per heavy atom. The maximum atomic E-state index is 11.7. The normalized spacial score (nSPS) is 21.7. The van der Waals surface area contributed by atoms with Crippen LogP contribution in [-0.4, -0.2) is 43.1 Å². The van der Waals surface area contributed by atoms with Gasteiger partial charge in [0.25, 0.3) is 0 Å². The van der Waals surface area contributed by atoms with Crippen molar-refractivity contribution < 1.29 is 28.5 Å². The van der Waals surface area contributed by atoms with Gasteiger partial charge in [0.2, 0.25) is 11.6 Å². The molecule has 3 rings (SSSR count). The number of esters is 1. The molecule has 0 aromatic heterocycles. The van der Waals surface area contributed by atoms with E-state index in [9.17, 15) is 4.79 Å². The van der Waals surface area contributed by atoms with Crippen molar-refractivity contribution in [1.82, 2.24) is 0 Å². The van der Waals surface area contributed by atoms with E-state index in [1.54, 1.807) is 6.92 Å². The maximum Gasteiger partial charge on any atom is 0.315 e. The van der Waals surface area contributed by atoms with Crippen LogP contribution in [0.3, 0.4) is 0 Å². The van der Waals surface area contributed by atoms with Crippen molar-refractivity contribution in [2.45, 2.75) is 46.2 Å². The van der Waals surface area contributed by atoms with E-state index in [1.807, 2.05) is 32.0 Å². The Bertz CT molecular complexity index is 690. The van der Waals surface area contributed by atoms with Gasteiger partial charge in [-0.05, 0) is 25.1 Å². The molecule has 2 aliphatic rings. The SMILES string of the molecule is CCOC(=O)CSCC1(c2ccc3c(c2)OC(C)(C)O3)OCC(C)(C)CO1. The molecule has 6 nitrogen and oxygen atoms in total. The first kappa shape index (κ1) is 20.3. The molecule has 1 aromatic rings. The summed E-state index contributed by atoms with van der Waals surface area (Å²) in [5.74, 6) is 0.245. The summed E-state index contributed by atoms with van der Waals surface area (Å²) in [5, 5.41) is 0. The molecule has 0 N–H and O–H groups in total. The van der Waals surface area contributed by atoms with Gasteiger partial charge in [0.05, 0.1) is 31.3 Å². The Kier molecular flexibility index (Phi) is 5.66. The highest BCUT2D eigenvalue weighted by Crippen LogP contribution is 2.45. The Balaban J connectivity index is 1.80. The highest BCUT2D eigenvalue weighted by molar-refractivity contribution is 7.99. The van der Waals surface area contributed by atoms with Gasteiger partial charge >= 0.3 is 5.97 Å². The van der Waals surface area contributed by atoms with Crippen molar-refractivity contribution in [2.24, 2.45) is 5.41 Å². The predicted octanol–water partition coefficient (Wildman–Crippen LogP) is 3.72. The number of hydrogen-bond acceptors (Lipinski definition) is 7. The first-order valence-corrected chi connectivity index (χ1v) is 10.3. The Hall–Kier alpha value is -1.44. The second kappa shape index (κ2) is 7.53. The third-order valence-corrected chi connectivity index (χ3v) is 5.33. The van der Waals surface area contributed by atoms with E-state index < -0.39 is 11.6 Å². The minimum atomic E-state index is -0.933. The summed E-state index contributed by atoms with van der Waals surface area (Å²) in [6.45, 7) is 11.2. The zero-order valence-corrected chi connectivity index (χ0v) is 17.4. The van der Waals surface area contributed by atoms with Gasteiger partial charge in [0, 0.05) is 24.8 Å². The van der Waals surface area contributed by atoms with Crippen molar-refractivity contribution in [3.8, 4) is 11.5 Å². The lowest BCUT2D eigenvalue weighted by molar-refractivity contribution is -0.295. The minimum Gasteiger partial charge on any atom is -0.465 e. The van der Waals surface area contributed by atoms with Crippen molar-refractivity contribution in [3.05, 3.63) is 23.8 Å². The van der Waals surface area contributed by atoms with Crippen LogP contribution in [0.15, 0.2) is 18.2 Å². The second-order valence-corrected chi connectivity index (χ2v) is 9.04. The van der Waals surface area contributed by atoms with Gasteiger partial charge in [0.1, 0.15) is 0 Å². The van der Waals surface area contributed by atoms with E-state index >= 15 is 0 Å². The van der Waals surface area contributed by atoms with Gasteiger partial charge in [-0.15, -0.1) is 11.8 Å². The molecular formula is C20H28O6S. The third kappa shape index (κ3) is 4.70. The van der Waals surface area contributed by atoms with Gasteiger partial charge in [-0.25, -0.2) is 0 Å². The number of benzene rings is 1. The molecule has 0 aliphatic carbocycles.